The Morgan fingerprint density at radius 3 is 2.25 bits per heavy atom. The lowest BCUT2D eigenvalue weighted by Gasteiger charge is -2.32. The molecule has 0 aliphatic carbocycles. The van der Waals surface area contributed by atoms with E-state index in [1.54, 1.807) is 6.20 Å². The van der Waals surface area contributed by atoms with E-state index < -0.39 is 6.09 Å². The van der Waals surface area contributed by atoms with Gasteiger partial charge in [-0.1, -0.05) is 12.1 Å². The fourth-order valence-electron chi connectivity index (χ4n) is 4.12. The van der Waals surface area contributed by atoms with Crippen LogP contribution in [0.1, 0.15) is 23.2 Å². The standard InChI is InChI=1S/C24H30N4O4/c1-26-12-14-27(15-13-26)23(29)20-4-2-19(3-5-20)22-7-6-21(16-25-22)32-17-18-8-10-28(11-9-18)24(30)31/h2-7,16,18H,8-15,17H2,1H3,(H,30,31). The van der Waals surface area contributed by atoms with Gasteiger partial charge in [0.25, 0.3) is 5.91 Å². The number of carbonyl (C=O) groups is 2. The van der Waals surface area contributed by atoms with Crippen molar-refractivity contribution in [1.82, 2.24) is 19.7 Å². The van der Waals surface area contributed by atoms with Crippen molar-refractivity contribution in [3.63, 3.8) is 0 Å². The number of amides is 2. The lowest BCUT2D eigenvalue weighted by molar-refractivity contribution is 0.0664. The summed E-state index contributed by atoms with van der Waals surface area (Å²) in [6.45, 7) is 5.03. The average Bonchev–Trinajstić information content (AvgIpc) is 2.83. The molecule has 32 heavy (non-hydrogen) atoms. The van der Waals surface area contributed by atoms with Crippen LogP contribution in [0.3, 0.4) is 0 Å². The fourth-order valence-corrected chi connectivity index (χ4v) is 4.12. The Morgan fingerprint density at radius 2 is 1.66 bits per heavy atom. The summed E-state index contributed by atoms with van der Waals surface area (Å²) < 4.78 is 5.88. The molecule has 0 radical (unpaired) electrons. The Hall–Kier alpha value is -3.13. The van der Waals surface area contributed by atoms with Crippen LogP contribution < -0.4 is 4.74 Å². The van der Waals surface area contributed by atoms with Crippen molar-refractivity contribution in [2.45, 2.75) is 12.8 Å². The predicted molar refractivity (Wildman–Crippen MR) is 121 cm³/mol. The lowest BCUT2D eigenvalue weighted by atomic mass is 9.98. The molecule has 1 aromatic heterocycles. The number of rotatable bonds is 5. The van der Waals surface area contributed by atoms with Crippen LogP contribution in [-0.2, 0) is 0 Å². The highest BCUT2D eigenvalue weighted by Crippen LogP contribution is 2.23. The highest BCUT2D eigenvalue weighted by atomic mass is 16.5. The molecule has 2 aliphatic rings. The molecular formula is C24H30N4O4. The highest BCUT2D eigenvalue weighted by molar-refractivity contribution is 5.94. The minimum atomic E-state index is -0.846. The molecule has 2 aromatic rings. The number of pyridine rings is 1. The smallest absolute Gasteiger partial charge is 0.407 e. The maximum Gasteiger partial charge on any atom is 0.407 e. The van der Waals surface area contributed by atoms with Crippen LogP contribution in [0.2, 0.25) is 0 Å². The molecule has 170 valence electrons. The molecule has 1 N–H and O–H groups in total. The van der Waals surface area contributed by atoms with E-state index in [0.29, 0.717) is 36.9 Å². The van der Waals surface area contributed by atoms with Crippen LogP contribution >= 0.6 is 0 Å². The third-order valence-electron chi connectivity index (χ3n) is 6.33. The van der Waals surface area contributed by atoms with Crippen molar-refractivity contribution >= 4 is 12.0 Å². The molecule has 8 heteroatoms. The molecule has 1 aromatic carbocycles. The fraction of sp³-hybridized carbons (Fsp3) is 0.458. The van der Waals surface area contributed by atoms with Gasteiger partial charge in [0.15, 0.2) is 0 Å². The number of likely N-dealkylation sites (tertiary alicyclic amines) is 1. The van der Waals surface area contributed by atoms with Gasteiger partial charge in [-0.25, -0.2) is 4.79 Å². The molecule has 2 aliphatic heterocycles. The van der Waals surface area contributed by atoms with Crippen LogP contribution in [0, 0.1) is 5.92 Å². The summed E-state index contributed by atoms with van der Waals surface area (Å²) in [4.78, 5) is 33.8. The van der Waals surface area contributed by atoms with Crippen LogP contribution in [0.4, 0.5) is 4.79 Å². The second kappa shape index (κ2) is 9.99. The number of ether oxygens (including phenoxy) is 1. The molecule has 3 heterocycles. The number of carbonyl (C=O) groups excluding carboxylic acids is 1. The molecule has 2 fully saturated rings. The quantitative estimate of drug-likeness (QED) is 0.773. The third-order valence-corrected chi connectivity index (χ3v) is 6.33. The number of hydrogen-bond acceptors (Lipinski definition) is 5. The van der Waals surface area contributed by atoms with Gasteiger partial charge in [-0.15, -0.1) is 0 Å². The van der Waals surface area contributed by atoms with Crippen molar-refractivity contribution in [2.75, 3.05) is 52.9 Å². The summed E-state index contributed by atoms with van der Waals surface area (Å²) in [6.07, 6.45) is 2.50. The number of likely N-dealkylation sites (N-methyl/N-ethyl adjacent to an activating group) is 1. The lowest BCUT2D eigenvalue weighted by Crippen LogP contribution is -2.47. The summed E-state index contributed by atoms with van der Waals surface area (Å²) in [5.41, 5.74) is 2.48. The molecule has 2 saturated heterocycles. The monoisotopic (exact) mass is 438 g/mol. The van der Waals surface area contributed by atoms with Gasteiger partial charge in [-0.3, -0.25) is 9.78 Å². The second-order valence-electron chi connectivity index (χ2n) is 8.58. The van der Waals surface area contributed by atoms with E-state index in [-0.39, 0.29) is 5.91 Å². The Bertz CT molecular complexity index is 916. The molecule has 0 unspecified atom stereocenters. The number of hydrogen-bond donors (Lipinski definition) is 1. The first-order chi connectivity index (χ1) is 15.5. The summed E-state index contributed by atoms with van der Waals surface area (Å²) in [6, 6.07) is 11.4. The molecule has 0 bridgehead atoms. The van der Waals surface area contributed by atoms with Crippen LogP contribution in [0.25, 0.3) is 11.3 Å². The van der Waals surface area contributed by atoms with Gasteiger partial charge in [-0.05, 0) is 50.1 Å². The van der Waals surface area contributed by atoms with Gasteiger partial charge in [0.05, 0.1) is 18.5 Å². The maximum absolute atomic E-state index is 12.7. The Morgan fingerprint density at radius 1 is 0.969 bits per heavy atom. The molecular weight excluding hydrogens is 408 g/mol. The molecule has 8 nitrogen and oxygen atoms in total. The van der Waals surface area contributed by atoms with Crippen molar-refractivity contribution < 1.29 is 19.4 Å². The summed E-state index contributed by atoms with van der Waals surface area (Å²) >= 11 is 0. The Kier molecular flexibility index (Phi) is 6.90. The van der Waals surface area contributed by atoms with Crippen LogP contribution in [0.5, 0.6) is 5.75 Å². The number of carboxylic acid groups (broad SMARTS) is 1. The van der Waals surface area contributed by atoms with Gasteiger partial charge in [0.2, 0.25) is 0 Å². The molecule has 0 spiro atoms. The van der Waals surface area contributed by atoms with Gasteiger partial charge in [-0.2, -0.15) is 0 Å². The van der Waals surface area contributed by atoms with Gasteiger partial charge in [0, 0.05) is 50.4 Å². The van der Waals surface area contributed by atoms with E-state index in [1.807, 2.05) is 41.3 Å². The predicted octanol–water partition coefficient (Wildman–Crippen LogP) is 2.91. The normalized spacial score (nSPS) is 17.9. The van der Waals surface area contributed by atoms with E-state index in [1.165, 1.54) is 4.90 Å². The molecule has 0 atom stereocenters. The first-order valence-electron chi connectivity index (χ1n) is 11.1. The molecule has 4 rings (SSSR count). The molecule has 0 saturated carbocycles. The SMILES string of the molecule is CN1CCN(C(=O)c2ccc(-c3ccc(OCC4CCN(C(=O)O)CC4)cn3)cc2)CC1. The largest absolute Gasteiger partial charge is 0.492 e. The number of nitrogens with zero attached hydrogens (tertiary/aromatic N) is 4. The van der Waals surface area contributed by atoms with Crippen molar-refractivity contribution in [1.29, 1.82) is 0 Å². The zero-order valence-electron chi connectivity index (χ0n) is 18.4. The summed E-state index contributed by atoms with van der Waals surface area (Å²) in [7, 11) is 2.07. The minimum absolute atomic E-state index is 0.0792. The van der Waals surface area contributed by atoms with Crippen molar-refractivity contribution in [2.24, 2.45) is 5.92 Å². The zero-order valence-corrected chi connectivity index (χ0v) is 18.4. The van der Waals surface area contributed by atoms with Gasteiger partial charge in [0.1, 0.15) is 5.75 Å². The van der Waals surface area contributed by atoms with E-state index >= 15 is 0 Å². The van der Waals surface area contributed by atoms with E-state index in [0.717, 1.165) is 50.3 Å². The third kappa shape index (κ3) is 5.37. The Balaban J connectivity index is 1.29. The zero-order chi connectivity index (χ0) is 22.5. The number of piperidine rings is 1. The number of piperazine rings is 1. The van der Waals surface area contributed by atoms with E-state index in [4.69, 9.17) is 9.84 Å². The first-order valence-corrected chi connectivity index (χ1v) is 11.1. The topological polar surface area (TPSA) is 86.2 Å². The molecule has 2 amide bonds. The van der Waals surface area contributed by atoms with E-state index in [9.17, 15) is 9.59 Å². The van der Waals surface area contributed by atoms with E-state index in [2.05, 4.69) is 16.9 Å². The van der Waals surface area contributed by atoms with Gasteiger partial charge >= 0.3 is 6.09 Å². The van der Waals surface area contributed by atoms with Gasteiger partial charge < -0.3 is 24.5 Å². The average molecular weight is 439 g/mol. The summed E-state index contributed by atoms with van der Waals surface area (Å²) in [5, 5.41) is 9.03. The summed E-state index contributed by atoms with van der Waals surface area (Å²) in [5.74, 6) is 1.14. The van der Waals surface area contributed by atoms with Crippen LogP contribution in [0.15, 0.2) is 42.6 Å². The van der Waals surface area contributed by atoms with Crippen molar-refractivity contribution in [3.05, 3.63) is 48.2 Å². The Labute approximate surface area is 188 Å². The second-order valence-corrected chi connectivity index (χ2v) is 8.58. The highest BCUT2D eigenvalue weighted by Gasteiger charge is 2.23. The number of benzene rings is 1. The minimum Gasteiger partial charge on any atom is -0.492 e. The maximum atomic E-state index is 12.7. The number of aromatic nitrogens is 1. The van der Waals surface area contributed by atoms with Crippen molar-refractivity contribution in [3.8, 4) is 17.0 Å². The first kappa shape index (κ1) is 22.1. The van der Waals surface area contributed by atoms with Crippen LogP contribution in [-0.4, -0.2) is 89.7 Å².